The zero-order chi connectivity index (χ0) is 17.9. The summed E-state index contributed by atoms with van der Waals surface area (Å²) in [6, 6.07) is 26.6. The Bertz CT molecular complexity index is 965. The molecule has 0 aliphatic heterocycles. The molecule has 0 aromatic heterocycles. The maximum atomic E-state index is 12.6. The Morgan fingerprint density at radius 1 is 0.731 bits per heavy atom. The van der Waals surface area contributed by atoms with Crippen LogP contribution < -0.4 is 0 Å². The van der Waals surface area contributed by atoms with E-state index in [2.05, 4.69) is 4.99 Å². The van der Waals surface area contributed by atoms with Crippen LogP contribution in [0.4, 0.5) is 0 Å². The van der Waals surface area contributed by atoms with Gasteiger partial charge in [0.2, 0.25) is 0 Å². The highest BCUT2D eigenvalue weighted by molar-refractivity contribution is 6.30. The number of hydrogen-bond donors (Lipinski definition) is 1. The average Bonchev–Trinajstić information content (AvgIpc) is 2.95. The van der Waals surface area contributed by atoms with Crippen molar-refractivity contribution in [1.29, 1.82) is 0 Å². The normalized spacial score (nSPS) is 13.7. The Morgan fingerprint density at radius 2 is 1.23 bits per heavy atom. The Morgan fingerprint density at radius 3 is 1.77 bits per heavy atom. The van der Waals surface area contributed by atoms with Gasteiger partial charge in [-0.15, -0.1) is 0 Å². The summed E-state index contributed by atoms with van der Waals surface area (Å²) < 4.78 is 0. The first-order valence-electron chi connectivity index (χ1n) is 8.46. The summed E-state index contributed by atoms with van der Waals surface area (Å²) in [7, 11) is 0. The molecule has 0 saturated heterocycles. The standard InChI is InChI=1S/C23H17NO2/c25-22-18-13-7-8-14-19(18)23(26)20(22)15-24-21(16-9-3-1-4-10-16)17-11-5-2-6-12-17/h1-15,21,25H. The van der Waals surface area contributed by atoms with Gasteiger partial charge in [-0.1, -0.05) is 84.9 Å². The van der Waals surface area contributed by atoms with Crippen molar-refractivity contribution in [3.63, 3.8) is 0 Å². The van der Waals surface area contributed by atoms with Gasteiger partial charge in [0.05, 0.1) is 11.6 Å². The smallest absolute Gasteiger partial charge is 0.199 e. The van der Waals surface area contributed by atoms with E-state index in [0.717, 1.165) is 11.1 Å². The third-order valence-corrected chi connectivity index (χ3v) is 4.51. The van der Waals surface area contributed by atoms with E-state index in [4.69, 9.17) is 0 Å². The van der Waals surface area contributed by atoms with Gasteiger partial charge < -0.3 is 5.11 Å². The Hall–Kier alpha value is -3.46. The molecule has 0 fully saturated rings. The number of aliphatic hydroxyl groups is 1. The Balaban J connectivity index is 1.73. The number of fused-ring (bicyclic) bond motifs is 1. The van der Waals surface area contributed by atoms with Gasteiger partial charge in [-0.05, 0) is 11.1 Å². The van der Waals surface area contributed by atoms with Gasteiger partial charge in [0, 0.05) is 17.3 Å². The Labute approximate surface area is 152 Å². The lowest BCUT2D eigenvalue weighted by molar-refractivity contribution is 0.104. The number of aliphatic hydroxyl groups excluding tert-OH is 1. The van der Waals surface area contributed by atoms with E-state index in [-0.39, 0.29) is 23.2 Å². The van der Waals surface area contributed by atoms with Crippen molar-refractivity contribution in [3.8, 4) is 0 Å². The largest absolute Gasteiger partial charge is 0.506 e. The fourth-order valence-electron chi connectivity index (χ4n) is 3.19. The molecule has 0 atom stereocenters. The average molecular weight is 339 g/mol. The van der Waals surface area contributed by atoms with Gasteiger partial charge in [-0.2, -0.15) is 0 Å². The molecular weight excluding hydrogens is 322 g/mol. The molecule has 126 valence electrons. The molecule has 0 radical (unpaired) electrons. The molecule has 0 saturated carbocycles. The van der Waals surface area contributed by atoms with Gasteiger partial charge >= 0.3 is 0 Å². The third kappa shape index (κ3) is 2.84. The molecule has 0 bridgehead atoms. The fraction of sp³-hybridized carbons (Fsp3) is 0.0435. The van der Waals surface area contributed by atoms with Crippen LogP contribution in [0.15, 0.2) is 95.5 Å². The van der Waals surface area contributed by atoms with Crippen LogP contribution in [-0.2, 0) is 0 Å². The second-order valence-electron chi connectivity index (χ2n) is 6.14. The highest BCUT2D eigenvalue weighted by atomic mass is 16.3. The van der Waals surface area contributed by atoms with Crippen LogP contribution in [0.3, 0.4) is 0 Å². The second-order valence-corrected chi connectivity index (χ2v) is 6.14. The van der Waals surface area contributed by atoms with E-state index in [1.165, 1.54) is 6.21 Å². The van der Waals surface area contributed by atoms with Crippen molar-refractivity contribution in [2.24, 2.45) is 4.99 Å². The van der Waals surface area contributed by atoms with Gasteiger partial charge in [0.1, 0.15) is 5.76 Å². The SMILES string of the molecule is O=C1C(C=NC(c2ccccc2)c2ccccc2)=C(O)c2ccccc21. The molecular formula is C23H17NO2. The summed E-state index contributed by atoms with van der Waals surface area (Å²) in [5.41, 5.74) is 3.37. The van der Waals surface area contributed by atoms with E-state index in [9.17, 15) is 9.90 Å². The molecule has 0 spiro atoms. The molecule has 3 heteroatoms. The third-order valence-electron chi connectivity index (χ3n) is 4.51. The van der Waals surface area contributed by atoms with Crippen LogP contribution >= 0.6 is 0 Å². The number of allylic oxidation sites excluding steroid dienone is 1. The van der Waals surface area contributed by atoms with Crippen LogP contribution in [0.2, 0.25) is 0 Å². The summed E-state index contributed by atoms with van der Waals surface area (Å²) in [5, 5.41) is 10.4. The first kappa shape index (κ1) is 16.0. The zero-order valence-corrected chi connectivity index (χ0v) is 14.0. The van der Waals surface area contributed by atoms with Gasteiger partial charge in [-0.3, -0.25) is 9.79 Å². The molecule has 3 nitrogen and oxygen atoms in total. The molecule has 1 aliphatic rings. The summed E-state index contributed by atoms with van der Waals surface area (Å²) in [5.74, 6) is -0.198. The zero-order valence-electron chi connectivity index (χ0n) is 14.0. The van der Waals surface area contributed by atoms with Crippen LogP contribution in [0.5, 0.6) is 0 Å². The lowest BCUT2D eigenvalue weighted by atomic mass is 9.99. The minimum atomic E-state index is -0.241. The van der Waals surface area contributed by atoms with Gasteiger partial charge in [0.15, 0.2) is 5.78 Å². The number of hydrogen-bond acceptors (Lipinski definition) is 3. The molecule has 3 aromatic carbocycles. The Kier molecular flexibility index (Phi) is 4.20. The number of rotatable bonds is 4. The maximum Gasteiger partial charge on any atom is 0.199 e. The fourth-order valence-corrected chi connectivity index (χ4v) is 3.19. The topological polar surface area (TPSA) is 49.7 Å². The predicted octanol–water partition coefficient (Wildman–Crippen LogP) is 5.01. The van der Waals surface area contributed by atoms with Crippen molar-refractivity contribution in [1.82, 2.24) is 0 Å². The van der Waals surface area contributed by atoms with Crippen LogP contribution in [0.1, 0.15) is 33.1 Å². The summed E-state index contributed by atoms with van der Waals surface area (Å²) >= 11 is 0. The highest BCUT2D eigenvalue weighted by Crippen LogP contribution is 2.31. The molecule has 3 aromatic rings. The van der Waals surface area contributed by atoms with Crippen molar-refractivity contribution in [3.05, 3.63) is 113 Å². The number of Topliss-reactive ketones (excluding diaryl/α,β-unsaturated/α-hetero) is 1. The van der Waals surface area contributed by atoms with Crippen molar-refractivity contribution in [2.45, 2.75) is 6.04 Å². The quantitative estimate of drug-likeness (QED) is 0.679. The van der Waals surface area contributed by atoms with Crippen LogP contribution in [0.25, 0.3) is 5.76 Å². The van der Waals surface area contributed by atoms with Crippen LogP contribution in [0, 0.1) is 0 Å². The monoisotopic (exact) mass is 339 g/mol. The van der Waals surface area contributed by atoms with Crippen molar-refractivity contribution in [2.75, 3.05) is 0 Å². The van der Waals surface area contributed by atoms with Crippen LogP contribution in [-0.4, -0.2) is 17.1 Å². The molecule has 26 heavy (non-hydrogen) atoms. The van der Waals surface area contributed by atoms with E-state index in [0.29, 0.717) is 11.1 Å². The first-order chi connectivity index (χ1) is 12.8. The van der Waals surface area contributed by atoms with E-state index in [1.807, 2.05) is 60.7 Å². The molecule has 0 amide bonds. The number of benzene rings is 3. The second kappa shape index (κ2) is 6.81. The highest BCUT2D eigenvalue weighted by Gasteiger charge is 2.28. The molecule has 4 rings (SSSR count). The minimum Gasteiger partial charge on any atom is -0.506 e. The number of nitrogens with zero attached hydrogens (tertiary/aromatic N) is 1. The molecule has 0 unspecified atom stereocenters. The predicted molar refractivity (Wildman–Crippen MR) is 104 cm³/mol. The number of ketones is 1. The molecule has 1 aliphatic carbocycles. The number of carbonyl (C=O) groups is 1. The first-order valence-corrected chi connectivity index (χ1v) is 8.46. The summed E-state index contributed by atoms with van der Waals surface area (Å²) in [4.78, 5) is 17.2. The number of carbonyl (C=O) groups excluding carboxylic acids is 1. The van der Waals surface area contributed by atoms with E-state index >= 15 is 0 Å². The molecule has 1 N–H and O–H groups in total. The van der Waals surface area contributed by atoms with Crippen molar-refractivity contribution >= 4 is 17.8 Å². The lowest BCUT2D eigenvalue weighted by Gasteiger charge is -2.13. The van der Waals surface area contributed by atoms with Gasteiger partial charge in [0.25, 0.3) is 0 Å². The minimum absolute atomic E-state index is 0.00535. The van der Waals surface area contributed by atoms with E-state index in [1.54, 1.807) is 24.3 Å². The van der Waals surface area contributed by atoms with Gasteiger partial charge in [-0.25, -0.2) is 0 Å². The summed E-state index contributed by atoms with van der Waals surface area (Å²) in [6.45, 7) is 0. The van der Waals surface area contributed by atoms with Crippen molar-refractivity contribution < 1.29 is 9.90 Å². The molecule has 0 heterocycles. The number of aliphatic imine (C=N–C) groups is 1. The van der Waals surface area contributed by atoms with E-state index < -0.39 is 0 Å². The summed E-state index contributed by atoms with van der Waals surface area (Å²) in [6.07, 6.45) is 1.50. The lowest BCUT2D eigenvalue weighted by Crippen LogP contribution is -2.03. The maximum absolute atomic E-state index is 12.6.